The van der Waals surface area contributed by atoms with Gasteiger partial charge in [-0.1, -0.05) is 25.4 Å². The van der Waals surface area contributed by atoms with Gasteiger partial charge in [0.15, 0.2) is 0 Å². The van der Waals surface area contributed by atoms with Crippen LogP contribution < -0.4 is 10.5 Å². The zero-order valence-electron chi connectivity index (χ0n) is 16.4. The Kier molecular flexibility index (Phi) is 5.42. The Labute approximate surface area is 167 Å². The molecular formula is C19H22ClN5O3. The van der Waals surface area contributed by atoms with Crippen LogP contribution in [0.25, 0.3) is 11.0 Å². The molecule has 0 atom stereocenters. The highest BCUT2D eigenvalue weighted by Crippen LogP contribution is 2.32. The maximum atomic E-state index is 12.2. The first-order valence-corrected chi connectivity index (χ1v) is 9.08. The zero-order chi connectivity index (χ0) is 20.6. The predicted octanol–water partition coefficient (Wildman–Crippen LogP) is 3.34. The van der Waals surface area contributed by atoms with Crippen molar-refractivity contribution in [3.05, 3.63) is 39.9 Å². The Morgan fingerprint density at radius 3 is 2.64 bits per heavy atom. The van der Waals surface area contributed by atoms with E-state index >= 15 is 0 Å². The fourth-order valence-corrected chi connectivity index (χ4v) is 3.47. The van der Waals surface area contributed by atoms with Crippen LogP contribution in [0.5, 0.6) is 5.75 Å². The van der Waals surface area contributed by atoms with Gasteiger partial charge >= 0.3 is 5.97 Å². The van der Waals surface area contributed by atoms with E-state index in [0.29, 0.717) is 17.6 Å². The van der Waals surface area contributed by atoms with Gasteiger partial charge in [0.25, 0.3) is 0 Å². The molecule has 0 radical (unpaired) electrons. The summed E-state index contributed by atoms with van der Waals surface area (Å²) in [6, 6.07) is 0. The van der Waals surface area contributed by atoms with Gasteiger partial charge in [0, 0.05) is 23.5 Å². The molecule has 148 valence electrons. The number of nitrogen functional groups attached to an aromatic ring is 1. The van der Waals surface area contributed by atoms with E-state index in [1.807, 2.05) is 13.1 Å². The second-order valence-corrected chi connectivity index (χ2v) is 7.06. The number of nitrogens with two attached hydrogens (primary N) is 1. The van der Waals surface area contributed by atoms with Crippen LogP contribution in [0.4, 0.5) is 5.95 Å². The lowest BCUT2D eigenvalue weighted by atomic mass is 10.0. The van der Waals surface area contributed by atoms with Crippen LogP contribution in [0.2, 0.25) is 5.15 Å². The molecule has 28 heavy (non-hydrogen) atoms. The molecule has 0 saturated carbocycles. The van der Waals surface area contributed by atoms with Gasteiger partial charge in [0.05, 0.1) is 37.4 Å². The Morgan fingerprint density at radius 1 is 1.32 bits per heavy atom. The SMILES string of the molecule is COC(=O)c1cn(Cc2ncc(C(C)C)c(OC)c2C)c2nc(N)nc(Cl)c12. The number of hydrogen-bond acceptors (Lipinski definition) is 7. The lowest BCUT2D eigenvalue weighted by Crippen LogP contribution is -2.08. The first kappa shape index (κ1) is 19.9. The first-order valence-electron chi connectivity index (χ1n) is 8.71. The Balaban J connectivity index is 2.17. The number of methoxy groups -OCH3 is 2. The second kappa shape index (κ2) is 7.63. The van der Waals surface area contributed by atoms with Crippen LogP contribution in [-0.4, -0.2) is 39.7 Å². The van der Waals surface area contributed by atoms with Crippen LogP contribution in [0.15, 0.2) is 12.4 Å². The molecule has 0 amide bonds. The highest BCUT2D eigenvalue weighted by atomic mass is 35.5. The largest absolute Gasteiger partial charge is 0.496 e. The molecule has 3 aromatic rings. The summed E-state index contributed by atoms with van der Waals surface area (Å²) < 4.78 is 12.2. The van der Waals surface area contributed by atoms with Crippen molar-refractivity contribution in [2.75, 3.05) is 20.0 Å². The van der Waals surface area contributed by atoms with Crippen molar-refractivity contribution >= 4 is 34.6 Å². The molecule has 0 aliphatic rings. The molecule has 0 bridgehead atoms. The average molecular weight is 404 g/mol. The number of fused-ring (bicyclic) bond motifs is 1. The van der Waals surface area contributed by atoms with Crippen molar-refractivity contribution in [2.24, 2.45) is 0 Å². The number of carbonyl (C=O) groups is 1. The quantitative estimate of drug-likeness (QED) is 0.514. The van der Waals surface area contributed by atoms with Gasteiger partial charge in [-0.2, -0.15) is 4.98 Å². The van der Waals surface area contributed by atoms with Gasteiger partial charge in [0.2, 0.25) is 5.95 Å². The Morgan fingerprint density at radius 2 is 2.04 bits per heavy atom. The summed E-state index contributed by atoms with van der Waals surface area (Å²) in [6.07, 6.45) is 3.44. The summed E-state index contributed by atoms with van der Waals surface area (Å²) >= 11 is 6.23. The molecule has 0 aliphatic heterocycles. The number of pyridine rings is 1. The monoisotopic (exact) mass is 403 g/mol. The number of ether oxygens (including phenoxy) is 2. The maximum absolute atomic E-state index is 12.2. The van der Waals surface area contributed by atoms with E-state index in [1.54, 1.807) is 17.9 Å². The number of anilines is 1. The molecule has 0 aliphatic carbocycles. The molecule has 3 aromatic heterocycles. The summed E-state index contributed by atoms with van der Waals surface area (Å²) in [7, 11) is 2.95. The predicted molar refractivity (Wildman–Crippen MR) is 107 cm³/mol. The summed E-state index contributed by atoms with van der Waals surface area (Å²) in [6.45, 7) is 6.47. The van der Waals surface area contributed by atoms with Crippen LogP contribution in [0, 0.1) is 6.92 Å². The third-order valence-corrected chi connectivity index (χ3v) is 4.91. The zero-order valence-corrected chi connectivity index (χ0v) is 17.2. The number of carbonyl (C=O) groups excluding carboxylic acids is 1. The molecule has 3 heterocycles. The molecular weight excluding hydrogens is 382 g/mol. The molecule has 0 aromatic carbocycles. The van der Waals surface area contributed by atoms with Crippen LogP contribution in [-0.2, 0) is 11.3 Å². The van der Waals surface area contributed by atoms with E-state index < -0.39 is 5.97 Å². The van der Waals surface area contributed by atoms with E-state index in [1.165, 1.54) is 7.11 Å². The van der Waals surface area contributed by atoms with Crippen molar-refractivity contribution in [1.82, 2.24) is 19.5 Å². The standard InChI is InChI=1S/C19H22ClN5O3/c1-9(2)11-6-22-13(10(3)15(11)27-4)8-25-7-12(18(26)28-5)14-16(20)23-19(21)24-17(14)25/h6-7,9H,8H2,1-5H3,(H2,21,23,24). The highest BCUT2D eigenvalue weighted by Gasteiger charge is 2.22. The summed E-state index contributed by atoms with van der Waals surface area (Å²) in [5.74, 6) is 0.568. The molecule has 0 unspecified atom stereocenters. The molecule has 0 fully saturated rings. The lowest BCUT2D eigenvalue weighted by molar-refractivity contribution is 0.0602. The van der Waals surface area contributed by atoms with Crippen LogP contribution in [0.3, 0.4) is 0 Å². The minimum absolute atomic E-state index is 0.0192. The van der Waals surface area contributed by atoms with Crippen LogP contribution >= 0.6 is 11.6 Å². The fraction of sp³-hybridized carbons (Fsp3) is 0.368. The van der Waals surface area contributed by atoms with Gasteiger partial charge in [0.1, 0.15) is 16.5 Å². The van der Waals surface area contributed by atoms with Gasteiger partial charge in [-0.3, -0.25) is 4.98 Å². The van der Waals surface area contributed by atoms with E-state index in [-0.39, 0.29) is 22.6 Å². The lowest BCUT2D eigenvalue weighted by Gasteiger charge is -2.17. The van der Waals surface area contributed by atoms with Crippen molar-refractivity contribution in [2.45, 2.75) is 33.2 Å². The molecule has 0 spiro atoms. The second-order valence-electron chi connectivity index (χ2n) is 6.71. The van der Waals surface area contributed by atoms with Crippen molar-refractivity contribution in [1.29, 1.82) is 0 Å². The van der Waals surface area contributed by atoms with E-state index in [0.717, 1.165) is 22.6 Å². The third kappa shape index (κ3) is 3.35. The molecule has 8 nitrogen and oxygen atoms in total. The number of hydrogen-bond donors (Lipinski definition) is 1. The molecule has 2 N–H and O–H groups in total. The number of aromatic nitrogens is 4. The molecule has 0 saturated heterocycles. The number of rotatable bonds is 5. The average Bonchev–Trinajstić information content (AvgIpc) is 3.00. The maximum Gasteiger partial charge on any atom is 0.340 e. The summed E-state index contributed by atoms with van der Waals surface area (Å²) in [5, 5.41) is 0.491. The normalized spacial score (nSPS) is 11.2. The van der Waals surface area contributed by atoms with Crippen molar-refractivity contribution in [3.63, 3.8) is 0 Å². The minimum atomic E-state index is -0.531. The van der Waals surface area contributed by atoms with Gasteiger partial charge in [-0.05, 0) is 12.8 Å². The minimum Gasteiger partial charge on any atom is -0.496 e. The highest BCUT2D eigenvalue weighted by molar-refractivity contribution is 6.35. The van der Waals surface area contributed by atoms with E-state index in [9.17, 15) is 4.79 Å². The topological polar surface area (TPSA) is 105 Å². The molecule has 9 heteroatoms. The van der Waals surface area contributed by atoms with Crippen molar-refractivity contribution < 1.29 is 14.3 Å². The molecule has 3 rings (SSSR count). The van der Waals surface area contributed by atoms with E-state index in [2.05, 4.69) is 28.8 Å². The number of halogens is 1. The summed E-state index contributed by atoms with van der Waals surface area (Å²) in [4.78, 5) is 25.0. The van der Waals surface area contributed by atoms with Gasteiger partial charge < -0.3 is 19.8 Å². The smallest absolute Gasteiger partial charge is 0.340 e. The Bertz CT molecular complexity index is 1060. The van der Waals surface area contributed by atoms with Crippen LogP contribution in [0.1, 0.15) is 46.9 Å². The summed E-state index contributed by atoms with van der Waals surface area (Å²) in [5.41, 5.74) is 9.20. The van der Waals surface area contributed by atoms with Crippen molar-refractivity contribution in [3.8, 4) is 5.75 Å². The third-order valence-electron chi connectivity index (χ3n) is 4.64. The first-order chi connectivity index (χ1) is 13.3. The number of nitrogens with zero attached hydrogens (tertiary/aromatic N) is 4. The van der Waals surface area contributed by atoms with Gasteiger partial charge in [-0.25, -0.2) is 9.78 Å². The van der Waals surface area contributed by atoms with E-state index in [4.69, 9.17) is 26.8 Å². The number of esters is 1. The fourth-order valence-electron chi connectivity index (χ4n) is 3.20. The van der Waals surface area contributed by atoms with Gasteiger partial charge in [-0.15, -0.1) is 0 Å². The Hall–Kier alpha value is -2.87.